The molecule has 0 aliphatic rings. The molecule has 0 amide bonds. The SMILES string of the molecule is C=CCOc1ccccc1/C(=C\NS(=O)(=O)c1ccc(C)cc1)C(=O)OCC. The molecule has 2 aromatic rings. The van der Waals surface area contributed by atoms with Gasteiger partial charge in [0.1, 0.15) is 12.4 Å². The molecule has 148 valence electrons. The largest absolute Gasteiger partial charge is 0.489 e. The predicted octanol–water partition coefficient (Wildman–Crippen LogP) is 3.44. The Labute approximate surface area is 165 Å². The van der Waals surface area contributed by atoms with Gasteiger partial charge in [-0.25, -0.2) is 13.2 Å². The maximum Gasteiger partial charge on any atom is 0.340 e. The van der Waals surface area contributed by atoms with Crippen molar-refractivity contribution < 1.29 is 22.7 Å². The number of aryl methyl sites for hydroxylation is 1. The summed E-state index contributed by atoms with van der Waals surface area (Å²) >= 11 is 0. The number of para-hydroxylation sites is 1. The zero-order valence-corrected chi connectivity index (χ0v) is 16.7. The van der Waals surface area contributed by atoms with Crippen LogP contribution in [0.2, 0.25) is 0 Å². The molecule has 0 aliphatic heterocycles. The van der Waals surface area contributed by atoms with Gasteiger partial charge in [-0.3, -0.25) is 4.72 Å². The van der Waals surface area contributed by atoms with E-state index in [1.807, 2.05) is 6.92 Å². The minimum absolute atomic E-state index is 0.0391. The maximum atomic E-state index is 12.6. The molecule has 0 bridgehead atoms. The number of nitrogens with one attached hydrogen (secondary N) is 1. The predicted molar refractivity (Wildman–Crippen MR) is 108 cm³/mol. The molecular formula is C21H23NO5S. The third-order valence-corrected chi connectivity index (χ3v) is 5.04. The van der Waals surface area contributed by atoms with E-state index in [0.29, 0.717) is 11.3 Å². The summed E-state index contributed by atoms with van der Waals surface area (Å²) in [5.41, 5.74) is 1.39. The molecule has 7 heteroatoms. The Morgan fingerprint density at radius 1 is 1.14 bits per heavy atom. The van der Waals surface area contributed by atoms with E-state index < -0.39 is 16.0 Å². The first-order valence-electron chi connectivity index (χ1n) is 8.68. The van der Waals surface area contributed by atoms with Gasteiger partial charge in [0.15, 0.2) is 0 Å². The lowest BCUT2D eigenvalue weighted by atomic mass is 10.1. The van der Waals surface area contributed by atoms with Gasteiger partial charge >= 0.3 is 5.97 Å². The molecule has 28 heavy (non-hydrogen) atoms. The molecule has 0 aliphatic carbocycles. The molecule has 2 rings (SSSR count). The highest BCUT2D eigenvalue weighted by molar-refractivity contribution is 7.89. The van der Waals surface area contributed by atoms with Crippen LogP contribution in [0.5, 0.6) is 5.75 Å². The fraction of sp³-hybridized carbons (Fsp3) is 0.190. The van der Waals surface area contributed by atoms with Crippen molar-refractivity contribution in [1.29, 1.82) is 0 Å². The number of carbonyl (C=O) groups is 1. The van der Waals surface area contributed by atoms with Gasteiger partial charge in [-0.2, -0.15) is 0 Å². The minimum Gasteiger partial charge on any atom is -0.489 e. The Morgan fingerprint density at radius 2 is 1.82 bits per heavy atom. The van der Waals surface area contributed by atoms with Crippen LogP contribution in [-0.4, -0.2) is 27.6 Å². The molecule has 0 atom stereocenters. The molecule has 0 saturated carbocycles. The van der Waals surface area contributed by atoms with Crippen molar-refractivity contribution in [3.8, 4) is 5.75 Å². The van der Waals surface area contributed by atoms with Gasteiger partial charge < -0.3 is 9.47 Å². The van der Waals surface area contributed by atoms with E-state index in [1.54, 1.807) is 49.4 Å². The number of carbonyl (C=O) groups excluding carboxylic acids is 1. The Balaban J connectivity index is 2.42. The van der Waals surface area contributed by atoms with Gasteiger partial charge in [0, 0.05) is 11.8 Å². The van der Waals surface area contributed by atoms with Crippen molar-refractivity contribution in [2.24, 2.45) is 0 Å². The lowest BCUT2D eigenvalue weighted by Gasteiger charge is -2.13. The number of hydrogen-bond acceptors (Lipinski definition) is 5. The van der Waals surface area contributed by atoms with Crippen LogP contribution in [0.15, 0.2) is 72.3 Å². The third-order valence-electron chi connectivity index (χ3n) is 3.72. The first-order chi connectivity index (χ1) is 13.4. The van der Waals surface area contributed by atoms with Gasteiger partial charge in [0.2, 0.25) is 0 Å². The Morgan fingerprint density at radius 3 is 2.46 bits per heavy atom. The smallest absolute Gasteiger partial charge is 0.340 e. The van der Waals surface area contributed by atoms with Crippen molar-refractivity contribution in [2.75, 3.05) is 13.2 Å². The van der Waals surface area contributed by atoms with Crippen LogP contribution in [0.3, 0.4) is 0 Å². The topological polar surface area (TPSA) is 81.7 Å². The molecule has 0 aromatic heterocycles. The first-order valence-corrected chi connectivity index (χ1v) is 10.2. The van der Waals surface area contributed by atoms with E-state index in [2.05, 4.69) is 11.3 Å². The highest BCUT2D eigenvalue weighted by Crippen LogP contribution is 2.27. The first kappa shape index (κ1) is 21.2. The van der Waals surface area contributed by atoms with Crippen LogP contribution >= 0.6 is 0 Å². The molecule has 0 saturated heterocycles. The van der Waals surface area contributed by atoms with Gasteiger partial charge in [-0.15, -0.1) is 0 Å². The van der Waals surface area contributed by atoms with Crippen LogP contribution in [0.1, 0.15) is 18.1 Å². The summed E-state index contributed by atoms with van der Waals surface area (Å²) < 4.78 is 38.1. The van der Waals surface area contributed by atoms with Crippen molar-refractivity contribution >= 4 is 21.6 Å². The molecule has 0 fully saturated rings. The summed E-state index contributed by atoms with van der Waals surface area (Å²) in [4.78, 5) is 12.6. The van der Waals surface area contributed by atoms with Crippen molar-refractivity contribution in [2.45, 2.75) is 18.7 Å². The number of rotatable bonds is 9. The summed E-state index contributed by atoms with van der Waals surface area (Å²) in [7, 11) is -3.85. The van der Waals surface area contributed by atoms with Gasteiger partial charge in [-0.05, 0) is 32.0 Å². The lowest BCUT2D eigenvalue weighted by molar-refractivity contribution is -0.136. The van der Waals surface area contributed by atoms with E-state index in [0.717, 1.165) is 11.8 Å². The molecule has 2 aromatic carbocycles. The zero-order valence-electron chi connectivity index (χ0n) is 15.8. The molecule has 0 heterocycles. The molecule has 0 unspecified atom stereocenters. The molecule has 0 spiro atoms. The molecule has 0 radical (unpaired) electrons. The molecule has 6 nitrogen and oxygen atoms in total. The Bertz CT molecular complexity index is 963. The van der Waals surface area contributed by atoms with Crippen molar-refractivity contribution in [3.05, 3.63) is 78.5 Å². The van der Waals surface area contributed by atoms with Crippen LogP contribution in [-0.2, 0) is 19.6 Å². The van der Waals surface area contributed by atoms with Crippen LogP contribution in [0.4, 0.5) is 0 Å². The fourth-order valence-corrected chi connectivity index (χ4v) is 3.24. The molecular weight excluding hydrogens is 378 g/mol. The summed E-state index contributed by atoms with van der Waals surface area (Å²) in [5.74, 6) is -0.250. The van der Waals surface area contributed by atoms with Crippen molar-refractivity contribution in [3.63, 3.8) is 0 Å². The van der Waals surface area contributed by atoms with Gasteiger partial charge in [0.05, 0.1) is 17.1 Å². The van der Waals surface area contributed by atoms with E-state index in [1.165, 1.54) is 12.1 Å². The Kier molecular flexibility index (Phi) is 7.40. The van der Waals surface area contributed by atoms with E-state index >= 15 is 0 Å². The lowest BCUT2D eigenvalue weighted by Crippen LogP contribution is -2.20. The summed E-state index contributed by atoms with van der Waals surface area (Å²) in [6.07, 6.45) is 2.70. The second kappa shape index (κ2) is 9.75. The summed E-state index contributed by atoms with van der Waals surface area (Å²) in [6.45, 7) is 7.52. The van der Waals surface area contributed by atoms with E-state index in [9.17, 15) is 13.2 Å². The second-order valence-electron chi connectivity index (χ2n) is 5.81. The van der Waals surface area contributed by atoms with Crippen LogP contribution in [0, 0.1) is 6.92 Å². The average molecular weight is 401 g/mol. The third kappa shape index (κ3) is 5.47. The quantitative estimate of drug-likeness (QED) is 0.395. The van der Waals surface area contributed by atoms with Crippen molar-refractivity contribution in [1.82, 2.24) is 4.72 Å². The number of sulfonamides is 1. The highest BCUT2D eigenvalue weighted by atomic mass is 32.2. The number of esters is 1. The van der Waals surface area contributed by atoms with Crippen LogP contribution in [0.25, 0.3) is 5.57 Å². The van der Waals surface area contributed by atoms with Gasteiger partial charge in [0.25, 0.3) is 10.0 Å². The zero-order chi connectivity index (χ0) is 20.6. The number of ether oxygens (including phenoxy) is 2. The standard InChI is InChI=1S/C21H23NO5S/c1-4-14-27-20-9-7-6-8-18(20)19(21(23)26-5-2)15-22-28(24,25)17-12-10-16(3)11-13-17/h4,6-13,15,22H,1,5,14H2,2-3H3/b19-15+. The summed E-state index contributed by atoms with van der Waals surface area (Å²) in [6, 6.07) is 13.2. The monoisotopic (exact) mass is 401 g/mol. The number of benzene rings is 2. The molecule has 1 N–H and O–H groups in total. The number of hydrogen-bond donors (Lipinski definition) is 1. The fourth-order valence-electron chi connectivity index (χ4n) is 2.34. The van der Waals surface area contributed by atoms with Crippen LogP contribution < -0.4 is 9.46 Å². The second-order valence-corrected chi connectivity index (χ2v) is 7.52. The maximum absolute atomic E-state index is 12.6. The Hall–Kier alpha value is -3.06. The van der Waals surface area contributed by atoms with E-state index in [4.69, 9.17) is 9.47 Å². The average Bonchev–Trinajstić information content (AvgIpc) is 2.68. The normalized spacial score (nSPS) is 11.6. The van der Waals surface area contributed by atoms with Gasteiger partial charge in [-0.1, -0.05) is 48.6 Å². The highest BCUT2D eigenvalue weighted by Gasteiger charge is 2.20. The van der Waals surface area contributed by atoms with E-state index in [-0.39, 0.29) is 23.7 Å². The summed E-state index contributed by atoms with van der Waals surface area (Å²) in [5, 5.41) is 0. The minimum atomic E-state index is -3.85.